The maximum absolute atomic E-state index is 13.1. The Bertz CT molecular complexity index is 1080. The Balaban J connectivity index is 2.01. The molecule has 4 rings (SSSR count). The van der Waals surface area contributed by atoms with Crippen LogP contribution in [0.15, 0.2) is 56.1 Å². The maximum Gasteiger partial charge on any atom is 0.290 e. The third-order valence-electron chi connectivity index (χ3n) is 4.45. The molecule has 7 heteroatoms. The molecule has 2 heterocycles. The van der Waals surface area contributed by atoms with Gasteiger partial charge in [0.2, 0.25) is 5.76 Å². The van der Waals surface area contributed by atoms with Crippen molar-refractivity contribution in [1.82, 2.24) is 4.90 Å². The summed E-state index contributed by atoms with van der Waals surface area (Å²) < 4.78 is 6.65. The van der Waals surface area contributed by atoms with Crippen molar-refractivity contribution in [3.8, 4) is 0 Å². The van der Waals surface area contributed by atoms with Crippen molar-refractivity contribution in [2.24, 2.45) is 0 Å². The van der Waals surface area contributed by atoms with Gasteiger partial charge in [0.25, 0.3) is 5.91 Å². The van der Waals surface area contributed by atoms with Crippen LogP contribution in [0.4, 0.5) is 0 Å². The minimum atomic E-state index is -0.614. The number of carbonyl (C=O) groups is 1. The standard InChI is InChI=1S/C19H13BrClNO4/c20-11-3-1-10(2-4-11)16-15-17(24)13-9-12(21)5-6-14(13)26-18(15)19(25)22(16)7-8-23/h1-6,9,16,23H,7-8H2. The Morgan fingerprint density at radius 3 is 2.58 bits per heavy atom. The summed E-state index contributed by atoms with van der Waals surface area (Å²) in [5.41, 5.74) is 1.07. The average Bonchev–Trinajstić information content (AvgIpc) is 2.90. The van der Waals surface area contributed by atoms with Gasteiger partial charge in [-0.05, 0) is 35.9 Å². The molecule has 0 radical (unpaired) electrons. The first-order chi connectivity index (χ1) is 12.5. The fourth-order valence-corrected chi connectivity index (χ4v) is 3.76. The van der Waals surface area contributed by atoms with Crippen molar-refractivity contribution in [3.05, 3.63) is 79.1 Å². The zero-order chi connectivity index (χ0) is 18.4. The predicted molar refractivity (Wildman–Crippen MR) is 102 cm³/mol. The first-order valence-electron chi connectivity index (χ1n) is 7.95. The zero-order valence-electron chi connectivity index (χ0n) is 13.4. The van der Waals surface area contributed by atoms with Crippen molar-refractivity contribution in [2.75, 3.05) is 13.2 Å². The molecule has 0 spiro atoms. The fourth-order valence-electron chi connectivity index (χ4n) is 3.32. The van der Waals surface area contributed by atoms with Crippen LogP contribution in [0.1, 0.15) is 27.7 Å². The quantitative estimate of drug-likeness (QED) is 0.682. The lowest BCUT2D eigenvalue weighted by atomic mass is 9.98. The summed E-state index contributed by atoms with van der Waals surface area (Å²) in [6, 6.07) is 11.5. The van der Waals surface area contributed by atoms with Gasteiger partial charge < -0.3 is 14.4 Å². The monoisotopic (exact) mass is 433 g/mol. The summed E-state index contributed by atoms with van der Waals surface area (Å²) in [5, 5.41) is 10.1. The lowest BCUT2D eigenvalue weighted by Gasteiger charge is -2.24. The molecule has 1 aliphatic heterocycles. The van der Waals surface area contributed by atoms with Gasteiger partial charge in [-0.25, -0.2) is 0 Å². The van der Waals surface area contributed by atoms with Crippen LogP contribution >= 0.6 is 27.5 Å². The molecular weight excluding hydrogens is 422 g/mol. The summed E-state index contributed by atoms with van der Waals surface area (Å²) in [6.07, 6.45) is 0. The molecule has 1 aliphatic rings. The molecule has 0 saturated carbocycles. The normalized spacial score (nSPS) is 16.3. The molecule has 1 amide bonds. The van der Waals surface area contributed by atoms with Gasteiger partial charge in [0.15, 0.2) is 5.43 Å². The molecule has 1 N–H and O–H groups in total. The molecule has 1 aromatic heterocycles. The van der Waals surface area contributed by atoms with Crippen LogP contribution in [-0.4, -0.2) is 29.1 Å². The van der Waals surface area contributed by atoms with Gasteiger partial charge in [-0.3, -0.25) is 9.59 Å². The van der Waals surface area contributed by atoms with E-state index in [1.165, 1.54) is 4.90 Å². The van der Waals surface area contributed by atoms with Gasteiger partial charge in [0.05, 0.1) is 23.6 Å². The number of aliphatic hydroxyl groups excluding tert-OH is 1. The lowest BCUT2D eigenvalue weighted by molar-refractivity contribution is 0.0691. The number of rotatable bonds is 3. The van der Waals surface area contributed by atoms with Gasteiger partial charge in [0.1, 0.15) is 5.58 Å². The number of hydrogen-bond acceptors (Lipinski definition) is 4. The molecule has 132 valence electrons. The number of hydrogen-bond donors (Lipinski definition) is 1. The molecule has 1 unspecified atom stereocenters. The van der Waals surface area contributed by atoms with Crippen LogP contribution in [0.5, 0.6) is 0 Å². The SMILES string of the molecule is O=C1c2oc3ccc(Cl)cc3c(=O)c2C(c2ccc(Br)cc2)N1CCO. The van der Waals surface area contributed by atoms with E-state index in [1.54, 1.807) is 18.2 Å². The van der Waals surface area contributed by atoms with E-state index < -0.39 is 11.9 Å². The molecule has 1 atom stereocenters. The number of fused-ring (bicyclic) bond motifs is 2. The Morgan fingerprint density at radius 1 is 1.15 bits per heavy atom. The van der Waals surface area contributed by atoms with Crippen molar-refractivity contribution in [3.63, 3.8) is 0 Å². The first kappa shape index (κ1) is 17.3. The van der Waals surface area contributed by atoms with Crippen LogP contribution in [-0.2, 0) is 0 Å². The smallest absolute Gasteiger partial charge is 0.290 e. The molecule has 2 aromatic carbocycles. The molecule has 26 heavy (non-hydrogen) atoms. The molecule has 0 saturated heterocycles. The highest BCUT2D eigenvalue weighted by Gasteiger charge is 2.42. The summed E-state index contributed by atoms with van der Waals surface area (Å²) >= 11 is 9.41. The van der Waals surface area contributed by atoms with Crippen molar-refractivity contribution in [2.45, 2.75) is 6.04 Å². The van der Waals surface area contributed by atoms with Crippen molar-refractivity contribution in [1.29, 1.82) is 0 Å². The second-order valence-corrected chi connectivity index (χ2v) is 7.34. The minimum absolute atomic E-state index is 0.0196. The number of benzene rings is 2. The highest BCUT2D eigenvalue weighted by molar-refractivity contribution is 9.10. The zero-order valence-corrected chi connectivity index (χ0v) is 15.8. The fraction of sp³-hybridized carbons (Fsp3) is 0.158. The van der Waals surface area contributed by atoms with Crippen LogP contribution in [0.25, 0.3) is 11.0 Å². The van der Waals surface area contributed by atoms with E-state index >= 15 is 0 Å². The molecular formula is C19H13BrClNO4. The largest absolute Gasteiger partial charge is 0.450 e. The summed E-state index contributed by atoms with van der Waals surface area (Å²) in [5.74, 6) is -0.387. The second-order valence-electron chi connectivity index (χ2n) is 5.99. The lowest BCUT2D eigenvalue weighted by Crippen LogP contribution is -2.32. The van der Waals surface area contributed by atoms with Gasteiger partial charge in [-0.1, -0.05) is 39.7 Å². The van der Waals surface area contributed by atoms with E-state index in [2.05, 4.69) is 15.9 Å². The highest BCUT2D eigenvalue weighted by Crippen LogP contribution is 2.38. The number of nitrogens with zero attached hydrogens (tertiary/aromatic N) is 1. The van der Waals surface area contributed by atoms with Crippen molar-refractivity contribution >= 4 is 44.4 Å². The highest BCUT2D eigenvalue weighted by atomic mass is 79.9. The third-order valence-corrected chi connectivity index (χ3v) is 5.22. The molecule has 5 nitrogen and oxygen atoms in total. The van der Waals surface area contributed by atoms with Crippen LogP contribution in [0.3, 0.4) is 0 Å². The van der Waals surface area contributed by atoms with E-state index in [9.17, 15) is 14.7 Å². The van der Waals surface area contributed by atoms with Crippen LogP contribution < -0.4 is 5.43 Å². The Hall–Kier alpha value is -2.15. The minimum Gasteiger partial charge on any atom is -0.450 e. The van der Waals surface area contributed by atoms with Crippen molar-refractivity contribution < 1.29 is 14.3 Å². The van der Waals surface area contributed by atoms with Gasteiger partial charge in [-0.15, -0.1) is 0 Å². The topological polar surface area (TPSA) is 70.8 Å². The molecule has 0 fully saturated rings. The Labute approximate surface area is 161 Å². The number of amides is 1. The number of β-amino-alcohol motifs (C(OH)–C–C–N with tert-alkyl or cyclic N) is 1. The van der Waals surface area contributed by atoms with Crippen LogP contribution in [0.2, 0.25) is 5.02 Å². The number of halogens is 2. The maximum atomic E-state index is 13.1. The third kappa shape index (κ3) is 2.65. The Morgan fingerprint density at radius 2 is 1.88 bits per heavy atom. The van der Waals surface area contributed by atoms with Gasteiger partial charge >= 0.3 is 0 Å². The second kappa shape index (κ2) is 6.54. The van der Waals surface area contributed by atoms with E-state index in [1.807, 2.05) is 24.3 Å². The van der Waals surface area contributed by atoms with E-state index in [-0.39, 0.29) is 29.9 Å². The number of carbonyl (C=O) groups excluding carboxylic acids is 1. The van der Waals surface area contributed by atoms with E-state index in [4.69, 9.17) is 16.0 Å². The van der Waals surface area contributed by atoms with Crippen LogP contribution in [0, 0.1) is 0 Å². The first-order valence-corrected chi connectivity index (χ1v) is 9.12. The van der Waals surface area contributed by atoms with E-state index in [0.29, 0.717) is 16.0 Å². The van der Waals surface area contributed by atoms with E-state index in [0.717, 1.165) is 10.0 Å². The van der Waals surface area contributed by atoms with Gasteiger partial charge in [-0.2, -0.15) is 0 Å². The number of aliphatic hydroxyl groups is 1. The van der Waals surface area contributed by atoms with Gasteiger partial charge in [0, 0.05) is 16.0 Å². The summed E-state index contributed by atoms with van der Waals surface area (Å²) in [7, 11) is 0. The predicted octanol–water partition coefficient (Wildman–Crippen LogP) is 3.75. The molecule has 3 aromatic rings. The molecule has 0 aliphatic carbocycles. The molecule has 0 bridgehead atoms. The summed E-state index contributed by atoms with van der Waals surface area (Å²) in [6.45, 7) is -0.118. The average molecular weight is 435 g/mol. The summed E-state index contributed by atoms with van der Waals surface area (Å²) in [4.78, 5) is 27.5. The Kier molecular flexibility index (Phi) is 4.34.